The van der Waals surface area contributed by atoms with Gasteiger partial charge in [-0.3, -0.25) is 14.8 Å². The Bertz CT molecular complexity index is 883. The van der Waals surface area contributed by atoms with Crippen LogP contribution in [0.15, 0.2) is 60.8 Å². The van der Waals surface area contributed by atoms with Crippen LogP contribution in [0.4, 0.5) is 0 Å². The summed E-state index contributed by atoms with van der Waals surface area (Å²) < 4.78 is 0. The summed E-state index contributed by atoms with van der Waals surface area (Å²) >= 11 is 0. The van der Waals surface area contributed by atoms with Crippen LogP contribution in [0.5, 0.6) is 0 Å². The van der Waals surface area contributed by atoms with Crippen LogP contribution in [-0.2, 0) is 26.2 Å². The average molecular weight is 346 g/mol. The minimum atomic E-state index is 0.0714. The largest absolute Gasteiger partial charge is 0.328 e. The zero-order chi connectivity index (χ0) is 17.9. The molecule has 3 aromatic rings. The summed E-state index contributed by atoms with van der Waals surface area (Å²) in [5, 5.41) is 6.99. The molecule has 1 N–H and O–H groups in total. The van der Waals surface area contributed by atoms with Gasteiger partial charge in [0, 0.05) is 30.8 Å². The molecule has 0 aliphatic carbocycles. The van der Waals surface area contributed by atoms with Crippen LogP contribution < -0.4 is 0 Å². The van der Waals surface area contributed by atoms with E-state index in [2.05, 4.69) is 52.5 Å². The first-order valence-corrected chi connectivity index (χ1v) is 8.81. The topological polar surface area (TPSA) is 52.2 Å². The first kappa shape index (κ1) is 16.5. The minimum Gasteiger partial charge on any atom is -0.328 e. The predicted molar refractivity (Wildman–Crippen MR) is 100 cm³/mol. The summed E-state index contributed by atoms with van der Waals surface area (Å²) in [6, 6.07) is 18.4. The van der Waals surface area contributed by atoms with Gasteiger partial charge in [-0.15, -0.1) is 0 Å². The van der Waals surface area contributed by atoms with Crippen molar-refractivity contribution >= 4 is 5.91 Å². The Balaban J connectivity index is 1.41. The lowest BCUT2D eigenvalue weighted by Crippen LogP contribution is -2.26. The fraction of sp³-hybridized carbons (Fsp3) is 0.238. The van der Waals surface area contributed by atoms with Gasteiger partial charge in [0.1, 0.15) is 0 Å². The van der Waals surface area contributed by atoms with Crippen LogP contribution in [0.1, 0.15) is 32.7 Å². The van der Waals surface area contributed by atoms with Crippen LogP contribution in [0.2, 0.25) is 0 Å². The molecular weight excluding hydrogens is 324 g/mol. The summed E-state index contributed by atoms with van der Waals surface area (Å²) in [5.41, 5.74) is 5.32. The zero-order valence-electron chi connectivity index (χ0n) is 14.9. The number of H-pyrrole nitrogens is 1. The molecule has 1 amide bonds. The molecule has 5 nitrogen and oxygen atoms in total. The molecule has 0 bridgehead atoms. The molecule has 0 atom stereocenters. The molecule has 1 aliphatic rings. The summed E-state index contributed by atoms with van der Waals surface area (Å²) in [7, 11) is 2.10. The second kappa shape index (κ2) is 7.14. The molecule has 132 valence electrons. The Morgan fingerprint density at radius 2 is 1.85 bits per heavy atom. The van der Waals surface area contributed by atoms with Crippen LogP contribution in [0.25, 0.3) is 0 Å². The van der Waals surface area contributed by atoms with Crippen molar-refractivity contribution in [3.8, 4) is 0 Å². The summed E-state index contributed by atoms with van der Waals surface area (Å²) in [4.78, 5) is 16.9. The van der Waals surface area contributed by atoms with Crippen LogP contribution >= 0.6 is 0 Å². The average Bonchev–Trinajstić information content (AvgIpc) is 3.24. The monoisotopic (exact) mass is 346 g/mol. The number of rotatable bonds is 5. The molecule has 26 heavy (non-hydrogen) atoms. The van der Waals surface area contributed by atoms with E-state index in [0.717, 1.165) is 35.5 Å². The van der Waals surface area contributed by atoms with Gasteiger partial charge in [-0.1, -0.05) is 42.5 Å². The lowest BCUT2D eigenvalue weighted by Gasteiger charge is -2.19. The highest BCUT2D eigenvalue weighted by Gasteiger charge is 2.25. The number of hydrogen-bond acceptors (Lipinski definition) is 3. The van der Waals surface area contributed by atoms with Crippen molar-refractivity contribution in [2.45, 2.75) is 26.2 Å². The second-order valence-electron chi connectivity index (χ2n) is 6.89. The number of benzene rings is 2. The number of nitrogens with one attached hydrogen (secondary N) is 1. The lowest BCUT2D eigenvalue weighted by molar-refractivity contribution is 0.0749. The molecule has 1 aromatic heterocycles. The summed E-state index contributed by atoms with van der Waals surface area (Å²) in [6.45, 7) is 2.92. The van der Waals surface area contributed by atoms with Gasteiger partial charge in [-0.05, 0) is 30.3 Å². The summed E-state index contributed by atoms with van der Waals surface area (Å²) in [5.74, 6) is 0.0714. The van der Waals surface area contributed by atoms with E-state index in [9.17, 15) is 4.79 Å². The summed E-state index contributed by atoms with van der Waals surface area (Å²) in [6.07, 6.45) is 1.80. The number of carbonyl (C=O) groups is 1. The molecular formula is C21H22N4O. The normalized spacial score (nSPS) is 13.2. The fourth-order valence-corrected chi connectivity index (χ4v) is 3.45. The third kappa shape index (κ3) is 3.53. The number of aromatic nitrogens is 2. The first-order valence-electron chi connectivity index (χ1n) is 8.81. The SMILES string of the molecule is CN(Cc1ccccc1)Cc1cccc(C(=O)N2Cc3cn[nH]c3C2)c1. The van der Waals surface area contributed by atoms with Crippen molar-refractivity contribution < 1.29 is 4.79 Å². The lowest BCUT2D eigenvalue weighted by atomic mass is 10.1. The van der Waals surface area contributed by atoms with Gasteiger partial charge in [0.15, 0.2) is 0 Å². The molecule has 0 radical (unpaired) electrons. The highest BCUT2D eigenvalue weighted by molar-refractivity contribution is 5.94. The Morgan fingerprint density at radius 1 is 1.08 bits per heavy atom. The predicted octanol–water partition coefficient (Wildman–Crippen LogP) is 3.20. The number of amides is 1. The van der Waals surface area contributed by atoms with Crippen LogP contribution in [-0.4, -0.2) is 33.0 Å². The van der Waals surface area contributed by atoms with Crippen molar-refractivity contribution in [3.05, 3.63) is 88.7 Å². The van der Waals surface area contributed by atoms with Gasteiger partial charge in [0.05, 0.1) is 18.4 Å². The van der Waals surface area contributed by atoms with Gasteiger partial charge in [-0.25, -0.2) is 0 Å². The molecule has 5 heteroatoms. The standard InChI is InChI=1S/C21H22N4O/c1-24(12-16-6-3-2-4-7-16)13-17-8-5-9-18(10-17)21(26)25-14-19-11-22-23-20(19)15-25/h2-11H,12-15H2,1H3,(H,22,23). The quantitative estimate of drug-likeness (QED) is 0.772. The van der Waals surface area contributed by atoms with E-state index in [4.69, 9.17) is 0 Å². The number of aromatic amines is 1. The van der Waals surface area contributed by atoms with Crippen LogP contribution in [0, 0.1) is 0 Å². The van der Waals surface area contributed by atoms with Gasteiger partial charge < -0.3 is 4.90 Å². The molecule has 2 aromatic carbocycles. The van der Waals surface area contributed by atoms with E-state index in [-0.39, 0.29) is 5.91 Å². The van der Waals surface area contributed by atoms with Gasteiger partial charge in [0.2, 0.25) is 0 Å². The van der Waals surface area contributed by atoms with E-state index >= 15 is 0 Å². The molecule has 0 saturated heterocycles. The maximum absolute atomic E-state index is 12.8. The zero-order valence-corrected chi connectivity index (χ0v) is 14.9. The first-order chi connectivity index (χ1) is 12.7. The van der Waals surface area contributed by atoms with Gasteiger partial charge in [-0.2, -0.15) is 5.10 Å². The van der Waals surface area contributed by atoms with Crippen LogP contribution in [0.3, 0.4) is 0 Å². The van der Waals surface area contributed by atoms with Crippen molar-refractivity contribution in [1.82, 2.24) is 20.0 Å². The van der Waals surface area contributed by atoms with E-state index in [1.807, 2.05) is 29.2 Å². The Morgan fingerprint density at radius 3 is 2.65 bits per heavy atom. The Labute approximate surface area is 153 Å². The Kier molecular flexibility index (Phi) is 4.54. The number of carbonyl (C=O) groups excluding carboxylic acids is 1. The van der Waals surface area contributed by atoms with Gasteiger partial charge in [0.25, 0.3) is 5.91 Å². The molecule has 2 heterocycles. The smallest absolute Gasteiger partial charge is 0.254 e. The number of fused-ring (bicyclic) bond motifs is 1. The maximum Gasteiger partial charge on any atom is 0.254 e. The highest BCUT2D eigenvalue weighted by Crippen LogP contribution is 2.22. The molecule has 0 spiro atoms. The van der Waals surface area contributed by atoms with E-state index in [1.54, 1.807) is 6.20 Å². The van der Waals surface area contributed by atoms with E-state index in [0.29, 0.717) is 13.1 Å². The second-order valence-corrected chi connectivity index (χ2v) is 6.89. The van der Waals surface area contributed by atoms with Crippen molar-refractivity contribution in [3.63, 3.8) is 0 Å². The highest BCUT2D eigenvalue weighted by atomic mass is 16.2. The molecule has 0 unspecified atom stereocenters. The fourth-order valence-electron chi connectivity index (χ4n) is 3.45. The molecule has 0 saturated carbocycles. The molecule has 0 fully saturated rings. The molecule has 4 rings (SSSR count). The van der Waals surface area contributed by atoms with E-state index in [1.165, 1.54) is 5.56 Å². The third-order valence-corrected chi connectivity index (χ3v) is 4.73. The van der Waals surface area contributed by atoms with Crippen molar-refractivity contribution in [2.75, 3.05) is 7.05 Å². The maximum atomic E-state index is 12.8. The van der Waals surface area contributed by atoms with E-state index < -0.39 is 0 Å². The third-order valence-electron chi connectivity index (χ3n) is 4.73. The minimum absolute atomic E-state index is 0.0714. The number of hydrogen-bond donors (Lipinski definition) is 1. The van der Waals surface area contributed by atoms with Crippen molar-refractivity contribution in [1.29, 1.82) is 0 Å². The van der Waals surface area contributed by atoms with Crippen molar-refractivity contribution in [2.24, 2.45) is 0 Å². The Hall–Kier alpha value is -2.92. The molecule has 1 aliphatic heterocycles. The number of nitrogens with zero attached hydrogens (tertiary/aromatic N) is 3. The van der Waals surface area contributed by atoms with Gasteiger partial charge >= 0.3 is 0 Å².